The Labute approximate surface area is 167 Å². The van der Waals surface area contributed by atoms with Gasteiger partial charge in [-0.25, -0.2) is 0 Å². The average molecular weight is 466 g/mol. The van der Waals surface area contributed by atoms with Crippen molar-refractivity contribution < 1.29 is 4.74 Å². The van der Waals surface area contributed by atoms with Crippen molar-refractivity contribution in [2.45, 2.75) is 39.3 Å². The first kappa shape index (κ1) is 21.7. The Kier molecular flexibility index (Phi) is 9.54. The summed E-state index contributed by atoms with van der Waals surface area (Å²) < 4.78 is 5.50. The molecule has 1 aliphatic rings. The van der Waals surface area contributed by atoms with Crippen LogP contribution in [0, 0.1) is 0 Å². The lowest BCUT2D eigenvalue weighted by Gasteiger charge is -2.33. The van der Waals surface area contributed by atoms with Crippen molar-refractivity contribution in [2.75, 3.05) is 39.4 Å². The van der Waals surface area contributed by atoms with E-state index < -0.39 is 0 Å². The van der Waals surface area contributed by atoms with E-state index in [9.17, 15) is 0 Å². The van der Waals surface area contributed by atoms with Crippen molar-refractivity contribution in [3.05, 3.63) is 22.4 Å². The highest BCUT2D eigenvalue weighted by molar-refractivity contribution is 14.0. The van der Waals surface area contributed by atoms with Crippen molar-refractivity contribution in [3.63, 3.8) is 0 Å². The molecular formula is C17H31IN4OS. The van der Waals surface area contributed by atoms with Crippen LogP contribution >= 0.6 is 35.3 Å². The summed E-state index contributed by atoms with van der Waals surface area (Å²) >= 11 is 1.81. The minimum absolute atomic E-state index is 0. The molecule has 138 valence electrons. The summed E-state index contributed by atoms with van der Waals surface area (Å²) in [6.07, 6.45) is 0. The number of nitrogens with one attached hydrogen (secondary N) is 2. The molecule has 2 heterocycles. The van der Waals surface area contributed by atoms with Gasteiger partial charge in [0.1, 0.15) is 0 Å². The van der Waals surface area contributed by atoms with Gasteiger partial charge in [0.25, 0.3) is 0 Å². The highest BCUT2D eigenvalue weighted by Gasteiger charge is 2.23. The predicted molar refractivity (Wildman–Crippen MR) is 114 cm³/mol. The zero-order valence-electron chi connectivity index (χ0n) is 15.2. The second-order valence-corrected chi connectivity index (χ2v) is 7.75. The minimum atomic E-state index is -0.00159. The van der Waals surface area contributed by atoms with E-state index in [1.54, 1.807) is 0 Å². The van der Waals surface area contributed by atoms with Gasteiger partial charge in [0, 0.05) is 30.1 Å². The van der Waals surface area contributed by atoms with Crippen LogP contribution in [0.5, 0.6) is 0 Å². The Morgan fingerprint density at radius 2 is 2.08 bits per heavy atom. The molecule has 2 rings (SSSR count). The number of ether oxygens (including phenoxy) is 1. The standard InChI is InChI=1S/C17H30N4OS.HI/c1-5-18-16(20-17(2,3)4)19-13-14(15-7-6-12-23-15)21-8-10-22-11-9-21;/h6-7,12,14H,5,8-11,13H2,1-4H3,(H2,18,19,20);1H. The molecule has 1 fully saturated rings. The van der Waals surface area contributed by atoms with E-state index in [1.807, 2.05) is 11.3 Å². The number of halogens is 1. The number of hydrogen-bond acceptors (Lipinski definition) is 4. The quantitative estimate of drug-likeness (QED) is 0.398. The molecule has 7 heteroatoms. The largest absolute Gasteiger partial charge is 0.379 e. The summed E-state index contributed by atoms with van der Waals surface area (Å²) in [5, 5.41) is 8.95. The maximum absolute atomic E-state index is 5.50. The smallest absolute Gasteiger partial charge is 0.191 e. The molecule has 1 aromatic rings. The molecular weight excluding hydrogens is 435 g/mol. The average Bonchev–Trinajstić information content (AvgIpc) is 3.01. The summed E-state index contributed by atoms with van der Waals surface area (Å²) in [5.41, 5.74) is -0.00159. The number of morpholine rings is 1. The van der Waals surface area contributed by atoms with Crippen LogP contribution in [0.25, 0.3) is 0 Å². The van der Waals surface area contributed by atoms with E-state index in [-0.39, 0.29) is 29.5 Å². The fraction of sp³-hybridized carbons (Fsp3) is 0.706. The lowest BCUT2D eigenvalue weighted by atomic mass is 10.1. The first-order valence-corrected chi connectivity index (χ1v) is 9.29. The number of guanidine groups is 1. The van der Waals surface area contributed by atoms with E-state index >= 15 is 0 Å². The number of rotatable bonds is 5. The van der Waals surface area contributed by atoms with Crippen LogP contribution in [0.15, 0.2) is 22.5 Å². The molecule has 0 saturated carbocycles. The first-order valence-electron chi connectivity index (χ1n) is 8.41. The molecule has 0 bridgehead atoms. The van der Waals surface area contributed by atoms with E-state index in [4.69, 9.17) is 9.73 Å². The summed E-state index contributed by atoms with van der Waals surface area (Å²) in [5.74, 6) is 0.884. The molecule has 0 spiro atoms. The van der Waals surface area contributed by atoms with Gasteiger partial charge >= 0.3 is 0 Å². The first-order chi connectivity index (χ1) is 11.0. The molecule has 0 amide bonds. The van der Waals surface area contributed by atoms with Gasteiger partial charge in [0.05, 0.1) is 25.8 Å². The van der Waals surface area contributed by atoms with Crippen molar-refractivity contribution in [2.24, 2.45) is 4.99 Å². The second-order valence-electron chi connectivity index (χ2n) is 6.77. The van der Waals surface area contributed by atoms with Crippen LogP contribution in [-0.4, -0.2) is 55.8 Å². The molecule has 1 atom stereocenters. The lowest BCUT2D eigenvalue weighted by Crippen LogP contribution is -2.48. The zero-order chi connectivity index (χ0) is 16.7. The molecule has 0 aromatic carbocycles. The van der Waals surface area contributed by atoms with Crippen molar-refractivity contribution >= 4 is 41.3 Å². The maximum atomic E-state index is 5.50. The third kappa shape index (κ3) is 7.25. The Hall–Kier alpha value is -0.380. The van der Waals surface area contributed by atoms with Gasteiger partial charge in [-0.05, 0) is 39.1 Å². The van der Waals surface area contributed by atoms with Gasteiger partial charge in [-0.1, -0.05) is 6.07 Å². The van der Waals surface area contributed by atoms with E-state index in [0.29, 0.717) is 6.04 Å². The van der Waals surface area contributed by atoms with Gasteiger partial charge in [-0.15, -0.1) is 35.3 Å². The summed E-state index contributed by atoms with van der Waals surface area (Å²) in [4.78, 5) is 8.71. The second kappa shape index (κ2) is 10.6. The highest BCUT2D eigenvalue weighted by Crippen LogP contribution is 2.26. The van der Waals surface area contributed by atoms with Crippen LogP contribution in [0.3, 0.4) is 0 Å². The Balaban J connectivity index is 0.00000288. The third-order valence-corrected chi connectivity index (χ3v) is 4.59. The summed E-state index contributed by atoms with van der Waals surface area (Å²) in [6.45, 7) is 13.7. The van der Waals surface area contributed by atoms with E-state index in [0.717, 1.165) is 45.4 Å². The Bertz CT molecular complexity index is 481. The normalized spacial score (nSPS) is 17.9. The fourth-order valence-electron chi connectivity index (χ4n) is 2.60. The fourth-order valence-corrected chi connectivity index (χ4v) is 3.45. The number of aliphatic imine (C=N–C) groups is 1. The zero-order valence-corrected chi connectivity index (χ0v) is 18.3. The van der Waals surface area contributed by atoms with Gasteiger partial charge < -0.3 is 15.4 Å². The van der Waals surface area contributed by atoms with Crippen molar-refractivity contribution in [1.29, 1.82) is 0 Å². The van der Waals surface area contributed by atoms with Gasteiger partial charge in [0.2, 0.25) is 0 Å². The van der Waals surface area contributed by atoms with Gasteiger partial charge in [-0.2, -0.15) is 0 Å². The van der Waals surface area contributed by atoms with E-state index in [2.05, 4.69) is 60.7 Å². The molecule has 0 radical (unpaired) electrons. The van der Waals surface area contributed by atoms with Crippen LogP contribution in [-0.2, 0) is 4.74 Å². The molecule has 1 aromatic heterocycles. The molecule has 1 saturated heterocycles. The van der Waals surface area contributed by atoms with Gasteiger partial charge in [-0.3, -0.25) is 9.89 Å². The molecule has 1 aliphatic heterocycles. The topological polar surface area (TPSA) is 48.9 Å². The van der Waals surface area contributed by atoms with Crippen molar-refractivity contribution in [1.82, 2.24) is 15.5 Å². The highest BCUT2D eigenvalue weighted by atomic mass is 127. The van der Waals surface area contributed by atoms with Crippen LogP contribution < -0.4 is 10.6 Å². The van der Waals surface area contributed by atoms with Crippen LogP contribution in [0.1, 0.15) is 38.6 Å². The molecule has 2 N–H and O–H groups in total. The third-order valence-electron chi connectivity index (χ3n) is 3.62. The van der Waals surface area contributed by atoms with Crippen LogP contribution in [0.2, 0.25) is 0 Å². The monoisotopic (exact) mass is 466 g/mol. The van der Waals surface area contributed by atoms with E-state index in [1.165, 1.54) is 4.88 Å². The predicted octanol–water partition coefficient (Wildman–Crippen LogP) is 3.09. The number of thiophene rings is 1. The summed E-state index contributed by atoms with van der Waals surface area (Å²) in [6, 6.07) is 4.66. The van der Waals surface area contributed by atoms with Crippen LogP contribution in [0.4, 0.5) is 0 Å². The van der Waals surface area contributed by atoms with Crippen molar-refractivity contribution in [3.8, 4) is 0 Å². The lowest BCUT2D eigenvalue weighted by molar-refractivity contribution is 0.0186. The molecule has 0 aliphatic carbocycles. The number of nitrogens with zero attached hydrogens (tertiary/aromatic N) is 2. The summed E-state index contributed by atoms with van der Waals surface area (Å²) in [7, 11) is 0. The molecule has 1 unspecified atom stereocenters. The SMILES string of the molecule is CCNC(=NCC(c1cccs1)N1CCOCC1)NC(C)(C)C.I. The molecule has 5 nitrogen and oxygen atoms in total. The number of hydrogen-bond donors (Lipinski definition) is 2. The maximum Gasteiger partial charge on any atom is 0.191 e. The molecule has 24 heavy (non-hydrogen) atoms. The van der Waals surface area contributed by atoms with Gasteiger partial charge in [0.15, 0.2) is 5.96 Å². The minimum Gasteiger partial charge on any atom is -0.379 e. The Morgan fingerprint density at radius 1 is 1.38 bits per heavy atom. The Morgan fingerprint density at radius 3 is 2.62 bits per heavy atom.